The lowest BCUT2D eigenvalue weighted by Crippen LogP contribution is -2.44. The molecule has 0 unspecified atom stereocenters. The van der Waals surface area contributed by atoms with E-state index < -0.39 is 0 Å². The number of nitrogens with zero attached hydrogens (tertiary/aromatic N) is 3. The van der Waals surface area contributed by atoms with Gasteiger partial charge in [0.25, 0.3) is 0 Å². The minimum absolute atomic E-state index is 0.0156. The number of likely N-dealkylation sites (N-methyl/N-ethyl adjacent to an activating group) is 1. The summed E-state index contributed by atoms with van der Waals surface area (Å²) in [5.41, 5.74) is 0. The molecular weight excluding hydrogens is 214 g/mol. The average molecular weight is 237 g/mol. The number of hydrogen-bond acceptors (Lipinski definition) is 3. The maximum absolute atomic E-state index is 12.2. The van der Waals surface area contributed by atoms with Crippen molar-refractivity contribution in [2.75, 3.05) is 19.6 Å². The van der Waals surface area contributed by atoms with Crippen LogP contribution in [0.4, 0.5) is 0 Å². The van der Waals surface area contributed by atoms with Gasteiger partial charge in [0.05, 0.1) is 18.0 Å². The van der Waals surface area contributed by atoms with Crippen molar-refractivity contribution in [1.29, 1.82) is 5.26 Å². The molecule has 0 N–H and O–H groups in total. The van der Waals surface area contributed by atoms with E-state index in [0.29, 0.717) is 6.54 Å². The van der Waals surface area contributed by atoms with E-state index in [4.69, 9.17) is 5.26 Å². The van der Waals surface area contributed by atoms with Crippen LogP contribution in [0, 0.1) is 17.2 Å². The summed E-state index contributed by atoms with van der Waals surface area (Å²) >= 11 is 0. The fraction of sp³-hybridized carbons (Fsp3) is 0.846. The molecule has 0 spiro atoms. The van der Waals surface area contributed by atoms with Crippen molar-refractivity contribution in [1.82, 2.24) is 9.80 Å². The average Bonchev–Trinajstić information content (AvgIpc) is 2.67. The second kappa shape index (κ2) is 6.02. The Labute approximate surface area is 104 Å². The molecule has 4 nitrogen and oxygen atoms in total. The van der Waals surface area contributed by atoms with Crippen molar-refractivity contribution in [3.05, 3.63) is 0 Å². The van der Waals surface area contributed by atoms with Gasteiger partial charge >= 0.3 is 0 Å². The first-order valence-electron chi connectivity index (χ1n) is 6.45. The van der Waals surface area contributed by atoms with Crippen molar-refractivity contribution < 1.29 is 4.79 Å². The van der Waals surface area contributed by atoms with Crippen LogP contribution in [0.5, 0.6) is 0 Å². The van der Waals surface area contributed by atoms with Crippen LogP contribution < -0.4 is 0 Å². The first-order valence-corrected chi connectivity index (χ1v) is 6.45. The standard InChI is InChI=1S/C13H23N3O/c1-5-15(9-11(4)8-14)12-6-7-16(10(2)3)13(12)17/h10-12H,5-7,9H2,1-4H3/t11-,12-/m0/s1. The van der Waals surface area contributed by atoms with Crippen LogP contribution in [0.2, 0.25) is 0 Å². The molecular formula is C13H23N3O. The Kier molecular flexibility index (Phi) is 4.95. The summed E-state index contributed by atoms with van der Waals surface area (Å²) < 4.78 is 0. The maximum atomic E-state index is 12.2. The van der Waals surface area contributed by atoms with Crippen molar-refractivity contribution in [2.45, 2.75) is 46.2 Å². The molecule has 0 radical (unpaired) electrons. The van der Waals surface area contributed by atoms with Crippen molar-refractivity contribution in [2.24, 2.45) is 5.92 Å². The Balaban J connectivity index is 2.66. The maximum Gasteiger partial charge on any atom is 0.240 e. The van der Waals surface area contributed by atoms with E-state index >= 15 is 0 Å². The van der Waals surface area contributed by atoms with Crippen molar-refractivity contribution >= 4 is 5.91 Å². The zero-order chi connectivity index (χ0) is 13.0. The Bertz CT molecular complexity index is 308. The number of carbonyl (C=O) groups is 1. The number of carbonyl (C=O) groups excluding carboxylic acids is 1. The lowest BCUT2D eigenvalue weighted by Gasteiger charge is -2.28. The predicted molar refractivity (Wildman–Crippen MR) is 67.3 cm³/mol. The van der Waals surface area contributed by atoms with E-state index in [0.717, 1.165) is 19.5 Å². The third-order valence-electron chi connectivity index (χ3n) is 3.41. The van der Waals surface area contributed by atoms with E-state index in [1.54, 1.807) is 0 Å². The summed E-state index contributed by atoms with van der Waals surface area (Å²) in [4.78, 5) is 16.3. The number of hydrogen-bond donors (Lipinski definition) is 0. The number of nitriles is 1. The molecule has 1 aliphatic rings. The minimum atomic E-state index is -0.0177. The van der Waals surface area contributed by atoms with Gasteiger partial charge in [-0.25, -0.2) is 0 Å². The van der Waals surface area contributed by atoms with Gasteiger partial charge in [0.2, 0.25) is 5.91 Å². The molecule has 17 heavy (non-hydrogen) atoms. The van der Waals surface area contributed by atoms with Crippen LogP contribution >= 0.6 is 0 Å². The molecule has 1 amide bonds. The first kappa shape index (κ1) is 14.0. The normalized spacial score (nSPS) is 22.3. The van der Waals surface area contributed by atoms with E-state index in [1.807, 2.05) is 11.8 Å². The summed E-state index contributed by atoms with van der Waals surface area (Å²) in [6.07, 6.45) is 0.892. The van der Waals surface area contributed by atoms with Crippen molar-refractivity contribution in [3.8, 4) is 6.07 Å². The highest BCUT2D eigenvalue weighted by Gasteiger charge is 2.36. The smallest absolute Gasteiger partial charge is 0.240 e. The van der Waals surface area contributed by atoms with Gasteiger partial charge in [-0.15, -0.1) is 0 Å². The molecule has 1 saturated heterocycles. The molecule has 0 aromatic heterocycles. The summed E-state index contributed by atoms with van der Waals surface area (Å²) in [5, 5.41) is 8.86. The summed E-state index contributed by atoms with van der Waals surface area (Å²) in [6.45, 7) is 10.4. The first-order chi connectivity index (χ1) is 8.01. The molecule has 1 aliphatic heterocycles. The molecule has 4 heteroatoms. The largest absolute Gasteiger partial charge is 0.339 e. The van der Waals surface area contributed by atoms with Gasteiger partial charge in [0, 0.05) is 19.1 Å². The number of likely N-dealkylation sites (tertiary alicyclic amines) is 1. The topological polar surface area (TPSA) is 47.3 Å². The molecule has 0 aromatic carbocycles. The Morgan fingerprint density at radius 2 is 2.18 bits per heavy atom. The van der Waals surface area contributed by atoms with Crippen LogP contribution in [0.15, 0.2) is 0 Å². The summed E-state index contributed by atoms with van der Waals surface area (Å²) in [7, 11) is 0. The molecule has 96 valence electrons. The van der Waals surface area contributed by atoms with E-state index in [-0.39, 0.29) is 23.9 Å². The Morgan fingerprint density at radius 1 is 1.53 bits per heavy atom. The highest BCUT2D eigenvalue weighted by atomic mass is 16.2. The Hall–Kier alpha value is -1.08. The van der Waals surface area contributed by atoms with Gasteiger partial charge in [-0.1, -0.05) is 6.92 Å². The van der Waals surface area contributed by atoms with Gasteiger partial charge in [0.1, 0.15) is 0 Å². The monoisotopic (exact) mass is 237 g/mol. The molecule has 2 atom stereocenters. The number of rotatable bonds is 5. The molecule has 0 aliphatic carbocycles. The highest BCUT2D eigenvalue weighted by Crippen LogP contribution is 2.20. The predicted octanol–water partition coefficient (Wildman–Crippen LogP) is 1.48. The quantitative estimate of drug-likeness (QED) is 0.727. The third-order valence-corrected chi connectivity index (χ3v) is 3.41. The fourth-order valence-electron chi connectivity index (χ4n) is 2.41. The van der Waals surface area contributed by atoms with Crippen LogP contribution in [0.1, 0.15) is 34.1 Å². The lowest BCUT2D eigenvalue weighted by atomic mass is 10.1. The van der Waals surface area contributed by atoms with Crippen LogP contribution in [0.25, 0.3) is 0 Å². The number of amides is 1. The van der Waals surface area contributed by atoms with Crippen LogP contribution in [-0.4, -0.2) is 47.4 Å². The molecule has 0 aromatic rings. The molecule has 1 fully saturated rings. The SMILES string of the molecule is CCN(C[C@@H](C)C#N)[C@H]1CCN(C(C)C)C1=O. The second-order valence-corrected chi connectivity index (χ2v) is 5.05. The molecule has 1 rings (SSSR count). The zero-order valence-corrected chi connectivity index (χ0v) is 11.3. The highest BCUT2D eigenvalue weighted by molar-refractivity contribution is 5.84. The molecule has 0 bridgehead atoms. The van der Waals surface area contributed by atoms with Gasteiger partial charge in [-0.3, -0.25) is 9.69 Å². The van der Waals surface area contributed by atoms with Crippen molar-refractivity contribution in [3.63, 3.8) is 0 Å². The summed E-state index contributed by atoms with van der Waals surface area (Å²) in [5.74, 6) is 0.211. The fourth-order valence-corrected chi connectivity index (χ4v) is 2.41. The Morgan fingerprint density at radius 3 is 2.59 bits per heavy atom. The molecule has 0 saturated carbocycles. The van der Waals surface area contributed by atoms with Gasteiger partial charge in [0.15, 0.2) is 0 Å². The zero-order valence-electron chi connectivity index (χ0n) is 11.3. The van der Waals surface area contributed by atoms with E-state index in [2.05, 4.69) is 31.7 Å². The second-order valence-electron chi connectivity index (χ2n) is 5.05. The van der Waals surface area contributed by atoms with Crippen LogP contribution in [0.3, 0.4) is 0 Å². The van der Waals surface area contributed by atoms with Crippen LogP contribution in [-0.2, 0) is 4.79 Å². The third kappa shape index (κ3) is 3.19. The van der Waals surface area contributed by atoms with Gasteiger partial charge in [-0.2, -0.15) is 5.26 Å². The minimum Gasteiger partial charge on any atom is -0.339 e. The van der Waals surface area contributed by atoms with Gasteiger partial charge in [-0.05, 0) is 33.7 Å². The summed E-state index contributed by atoms with van der Waals surface area (Å²) in [6, 6.07) is 2.50. The van der Waals surface area contributed by atoms with E-state index in [9.17, 15) is 4.79 Å². The van der Waals surface area contributed by atoms with E-state index in [1.165, 1.54) is 0 Å². The van der Waals surface area contributed by atoms with Gasteiger partial charge < -0.3 is 4.90 Å². The molecule has 1 heterocycles. The lowest BCUT2D eigenvalue weighted by molar-refractivity contribution is -0.133.